The van der Waals surface area contributed by atoms with Gasteiger partial charge in [-0.3, -0.25) is 4.57 Å². The number of thioether (sulfide) groups is 1. The number of hydrogen-bond acceptors (Lipinski definition) is 10. The summed E-state index contributed by atoms with van der Waals surface area (Å²) in [6, 6.07) is 22.6. The highest BCUT2D eigenvalue weighted by atomic mass is 32.2. The van der Waals surface area contributed by atoms with Crippen molar-refractivity contribution in [2.45, 2.75) is 30.9 Å². The van der Waals surface area contributed by atoms with E-state index in [1.807, 2.05) is 35.9 Å². The van der Waals surface area contributed by atoms with Crippen LogP contribution < -0.4 is 20.2 Å². The number of benzene rings is 3. The molecule has 5 aromatic rings. The number of ether oxygens (including phenoxy) is 3. The number of rotatable bonds is 10. The standard InChI is InChI=1S/C35H40N8O4S/c1-25-5-14-32(26(2)19-25)35(22-48-33-38-36-23-39(33)3)46-21-31(47-35)20-45-30-12-10-28(11-13-30)42-17-15-41(16-18-42)27-6-8-29(9-7-27)43-34(44)40(4)24-37-43/h5-14,19,23-24,31H,15-18,20-22H2,1-4H3. The second-order valence-electron chi connectivity index (χ2n) is 12.4. The summed E-state index contributed by atoms with van der Waals surface area (Å²) in [5, 5.41) is 13.2. The summed E-state index contributed by atoms with van der Waals surface area (Å²) in [5.41, 5.74) is 6.25. The van der Waals surface area contributed by atoms with E-state index >= 15 is 0 Å². The zero-order valence-electron chi connectivity index (χ0n) is 27.7. The quantitative estimate of drug-likeness (QED) is 0.202. The third-order valence-corrected chi connectivity index (χ3v) is 10.1. The minimum atomic E-state index is -0.908. The molecule has 3 aromatic carbocycles. The van der Waals surface area contributed by atoms with E-state index < -0.39 is 5.79 Å². The van der Waals surface area contributed by atoms with Crippen molar-refractivity contribution in [2.75, 3.05) is 54.9 Å². The zero-order chi connectivity index (χ0) is 33.3. The van der Waals surface area contributed by atoms with Crippen LogP contribution in [-0.4, -0.2) is 80.4 Å². The van der Waals surface area contributed by atoms with Crippen molar-refractivity contribution in [3.05, 3.63) is 107 Å². The average Bonchev–Trinajstić information content (AvgIpc) is 3.81. The fourth-order valence-corrected chi connectivity index (χ4v) is 7.25. The highest BCUT2D eigenvalue weighted by Gasteiger charge is 2.45. The van der Waals surface area contributed by atoms with E-state index in [2.05, 4.69) is 81.4 Å². The first-order valence-electron chi connectivity index (χ1n) is 16.1. The van der Waals surface area contributed by atoms with Crippen molar-refractivity contribution < 1.29 is 14.2 Å². The maximum Gasteiger partial charge on any atom is 0.350 e. The minimum absolute atomic E-state index is 0.159. The number of piperazine rings is 1. The number of nitrogens with zero attached hydrogens (tertiary/aromatic N) is 8. The van der Waals surface area contributed by atoms with Gasteiger partial charge in [0, 0.05) is 57.2 Å². The van der Waals surface area contributed by atoms with Crippen LogP contribution in [0.5, 0.6) is 5.75 Å². The summed E-state index contributed by atoms with van der Waals surface area (Å²) in [5.74, 6) is 0.430. The molecule has 7 rings (SSSR count). The molecule has 2 unspecified atom stereocenters. The average molecular weight is 669 g/mol. The molecule has 48 heavy (non-hydrogen) atoms. The predicted octanol–water partition coefficient (Wildman–Crippen LogP) is 4.08. The molecule has 2 fully saturated rings. The Morgan fingerprint density at radius 3 is 2.15 bits per heavy atom. The van der Waals surface area contributed by atoms with Crippen LogP contribution in [0.1, 0.15) is 16.7 Å². The Balaban J connectivity index is 0.933. The van der Waals surface area contributed by atoms with E-state index in [0.29, 0.717) is 19.0 Å². The fraction of sp³-hybridized carbons (Fsp3) is 0.371. The molecule has 4 heterocycles. The van der Waals surface area contributed by atoms with Crippen molar-refractivity contribution in [3.63, 3.8) is 0 Å². The minimum Gasteiger partial charge on any atom is -0.491 e. The molecule has 2 atom stereocenters. The zero-order valence-corrected chi connectivity index (χ0v) is 28.5. The van der Waals surface area contributed by atoms with Gasteiger partial charge in [-0.2, -0.15) is 9.78 Å². The lowest BCUT2D eigenvalue weighted by molar-refractivity contribution is -0.160. The van der Waals surface area contributed by atoms with Gasteiger partial charge >= 0.3 is 5.69 Å². The molecule has 2 aromatic heterocycles. The first-order chi connectivity index (χ1) is 23.3. The van der Waals surface area contributed by atoms with Gasteiger partial charge < -0.3 is 28.6 Å². The summed E-state index contributed by atoms with van der Waals surface area (Å²) in [4.78, 5) is 17.0. The lowest BCUT2D eigenvalue weighted by atomic mass is 9.99. The second kappa shape index (κ2) is 13.5. The molecule has 250 valence electrons. The Morgan fingerprint density at radius 2 is 1.54 bits per heavy atom. The number of aryl methyl sites for hydroxylation is 4. The van der Waals surface area contributed by atoms with E-state index in [1.165, 1.54) is 26.8 Å². The first-order valence-corrected chi connectivity index (χ1v) is 17.1. The number of aromatic nitrogens is 6. The Morgan fingerprint density at radius 1 is 0.875 bits per heavy atom. The molecule has 2 aliphatic rings. The third kappa shape index (κ3) is 6.58. The first kappa shape index (κ1) is 32.0. The Hall–Kier alpha value is -4.59. The van der Waals surface area contributed by atoms with Crippen molar-refractivity contribution >= 4 is 23.1 Å². The predicted molar refractivity (Wildman–Crippen MR) is 185 cm³/mol. The van der Waals surface area contributed by atoms with Crippen molar-refractivity contribution in [1.82, 2.24) is 29.1 Å². The molecule has 13 heteroatoms. The van der Waals surface area contributed by atoms with Gasteiger partial charge in [0.25, 0.3) is 0 Å². The fourth-order valence-electron chi connectivity index (χ4n) is 6.27. The van der Waals surface area contributed by atoms with E-state index in [-0.39, 0.29) is 11.8 Å². The smallest absolute Gasteiger partial charge is 0.350 e. The van der Waals surface area contributed by atoms with Crippen LogP contribution in [0.25, 0.3) is 5.69 Å². The summed E-state index contributed by atoms with van der Waals surface area (Å²) < 4.78 is 24.1. The van der Waals surface area contributed by atoms with Gasteiger partial charge in [-0.15, -0.1) is 10.2 Å². The van der Waals surface area contributed by atoms with Gasteiger partial charge in [-0.05, 0) is 67.9 Å². The molecule has 0 bridgehead atoms. The lowest BCUT2D eigenvalue weighted by Gasteiger charge is -2.37. The van der Waals surface area contributed by atoms with Crippen LogP contribution in [0.3, 0.4) is 0 Å². The Bertz CT molecular complexity index is 1910. The SMILES string of the molecule is Cc1ccc(C2(CSc3nncn3C)OCC(COc3ccc(N4CCN(c5ccc(-n6ncn(C)c6=O)cc5)CC4)cc3)O2)c(C)c1. The van der Waals surface area contributed by atoms with Crippen molar-refractivity contribution in [3.8, 4) is 11.4 Å². The highest BCUT2D eigenvalue weighted by Crippen LogP contribution is 2.40. The maximum atomic E-state index is 12.2. The molecular weight excluding hydrogens is 629 g/mol. The molecule has 0 amide bonds. The number of hydrogen-bond donors (Lipinski definition) is 0. The molecule has 0 N–H and O–H groups in total. The summed E-state index contributed by atoms with van der Waals surface area (Å²) in [6.07, 6.45) is 2.99. The van der Waals surface area contributed by atoms with Gasteiger partial charge in [0.2, 0.25) is 5.79 Å². The largest absolute Gasteiger partial charge is 0.491 e. The van der Waals surface area contributed by atoms with Gasteiger partial charge in [0.15, 0.2) is 5.16 Å². The summed E-state index contributed by atoms with van der Waals surface area (Å²) >= 11 is 1.57. The van der Waals surface area contributed by atoms with Gasteiger partial charge in [0.05, 0.1) is 18.0 Å². The molecule has 12 nitrogen and oxygen atoms in total. The molecular formula is C35H40N8O4S. The van der Waals surface area contributed by atoms with E-state index in [4.69, 9.17) is 14.2 Å². The van der Waals surface area contributed by atoms with Crippen LogP contribution in [-0.2, 0) is 29.4 Å². The van der Waals surface area contributed by atoms with Crippen LogP contribution in [0, 0.1) is 13.8 Å². The highest BCUT2D eigenvalue weighted by molar-refractivity contribution is 7.99. The van der Waals surface area contributed by atoms with Gasteiger partial charge in [-0.1, -0.05) is 35.5 Å². The van der Waals surface area contributed by atoms with E-state index in [1.54, 1.807) is 25.1 Å². The van der Waals surface area contributed by atoms with Crippen LogP contribution >= 0.6 is 11.8 Å². The van der Waals surface area contributed by atoms with Gasteiger partial charge in [-0.25, -0.2) is 4.79 Å². The monoisotopic (exact) mass is 668 g/mol. The van der Waals surface area contributed by atoms with Crippen LogP contribution in [0.2, 0.25) is 0 Å². The van der Waals surface area contributed by atoms with Crippen LogP contribution in [0.4, 0.5) is 11.4 Å². The van der Waals surface area contributed by atoms with Gasteiger partial charge in [0.1, 0.15) is 31.1 Å². The summed E-state index contributed by atoms with van der Waals surface area (Å²) in [6.45, 7) is 8.61. The lowest BCUT2D eigenvalue weighted by Crippen LogP contribution is -2.46. The van der Waals surface area contributed by atoms with E-state index in [9.17, 15) is 4.79 Å². The Labute approximate surface area is 283 Å². The van der Waals surface area contributed by atoms with Crippen LogP contribution in [0.15, 0.2) is 89.3 Å². The second-order valence-corrected chi connectivity index (χ2v) is 13.3. The maximum absolute atomic E-state index is 12.2. The van der Waals surface area contributed by atoms with Crippen molar-refractivity contribution in [2.24, 2.45) is 14.1 Å². The molecule has 2 saturated heterocycles. The molecule has 0 spiro atoms. The topological polar surface area (TPSA) is 105 Å². The van der Waals surface area contributed by atoms with E-state index in [0.717, 1.165) is 59.6 Å². The molecule has 2 aliphatic heterocycles. The normalized spacial score (nSPS) is 19.6. The Kier molecular flexibility index (Phi) is 8.99. The molecule has 0 saturated carbocycles. The summed E-state index contributed by atoms with van der Waals surface area (Å²) in [7, 11) is 3.63. The number of anilines is 2. The molecule has 0 radical (unpaired) electrons. The molecule has 0 aliphatic carbocycles. The third-order valence-electron chi connectivity index (χ3n) is 8.91. The van der Waals surface area contributed by atoms with Crippen molar-refractivity contribution in [1.29, 1.82) is 0 Å².